The Balaban J connectivity index is 3.07. The highest BCUT2D eigenvalue weighted by Gasteiger charge is 2.04. The number of halogens is 1. The van der Waals surface area contributed by atoms with Crippen molar-refractivity contribution in [2.45, 2.75) is 6.92 Å². The van der Waals surface area contributed by atoms with E-state index in [0.717, 1.165) is 10.0 Å². The summed E-state index contributed by atoms with van der Waals surface area (Å²) in [5.41, 5.74) is 0.837. The van der Waals surface area contributed by atoms with E-state index >= 15 is 0 Å². The Morgan fingerprint density at radius 2 is 2.27 bits per heavy atom. The van der Waals surface area contributed by atoms with E-state index < -0.39 is 4.92 Å². The lowest BCUT2D eigenvalue weighted by Gasteiger charge is -2.03. The van der Waals surface area contributed by atoms with Crippen LogP contribution < -0.4 is 4.74 Å². The van der Waals surface area contributed by atoms with Gasteiger partial charge < -0.3 is 4.74 Å². The van der Waals surface area contributed by atoms with Crippen LogP contribution in [0.5, 0.6) is 5.75 Å². The Morgan fingerprint density at radius 3 is 2.80 bits per heavy atom. The summed E-state index contributed by atoms with van der Waals surface area (Å²) in [6.45, 7) is 1.45. The first-order chi connectivity index (χ1) is 7.04. The van der Waals surface area contributed by atoms with E-state index in [2.05, 4.69) is 15.9 Å². The van der Waals surface area contributed by atoms with Gasteiger partial charge in [-0.15, -0.1) is 0 Å². The maximum Gasteiger partial charge on any atom is 0.243 e. The number of methoxy groups -OCH3 is 1. The highest BCUT2D eigenvalue weighted by Crippen LogP contribution is 2.26. The van der Waals surface area contributed by atoms with Crippen molar-refractivity contribution in [1.29, 1.82) is 0 Å². The van der Waals surface area contributed by atoms with Gasteiger partial charge in [0.15, 0.2) is 0 Å². The fourth-order valence-corrected chi connectivity index (χ4v) is 1.47. The SMILES string of the molecule is COc1cc(C=C(C)[N+](=O)[O-])ccc1Br. The smallest absolute Gasteiger partial charge is 0.243 e. The van der Waals surface area contributed by atoms with E-state index in [0.29, 0.717) is 5.75 Å². The Hall–Kier alpha value is -1.36. The zero-order valence-electron chi connectivity index (χ0n) is 8.36. The van der Waals surface area contributed by atoms with Crippen molar-refractivity contribution in [1.82, 2.24) is 0 Å². The van der Waals surface area contributed by atoms with Gasteiger partial charge in [0, 0.05) is 13.0 Å². The molecule has 0 N–H and O–H groups in total. The van der Waals surface area contributed by atoms with Crippen LogP contribution in [-0.2, 0) is 0 Å². The van der Waals surface area contributed by atoms with Crippen molar-refractivity contribution < 1.29 is 9.66 Å². The van der Waals surface area contributed by atoms with E-state index in [9.17, 15) is 10.1 Å². The maximum atomic E-state index is 10.4. The summed E-state index contributed by atoms with van der Waals surface area (Å²) in [5.74, 6) is 0.653. The lowest BCUT2D eigenvalue weighted by molar-refractivity contribution is -0.422. The van der Waals surface area contributed by atoms with Crippen molar-refractivity contribution in [2.24, 2.45) is 0 Å². The zero-order chi connectivity index (χ0) is 11.4. The van der Waals surface area contributed by atoms with E-state index in [1.807, 2.05) is 0 Å². The van der Waals surface area contributed by atoms with Crippen LogP contribution in [-0.4, -0.2) is 12.0 Å². The summed E-state index contributed by atoms with van der Waals surface area (Å²) in [7, 11) is 1.55. The van der Waals surface area contributed by atoms with Crippen LogP contribution in [0, 0.1) is 10.1 Å². The number of ether oxygens (including phenoxy) is 1. The van der Waals surface area contributed by atoms with Crippen molar-refractivity contribution in [3.05, 3.63) is 44.0 Å². The summed E-state index contributed by atoms with van der Waals surface area (Å²) in [6, 6.07) is 5.30. The lowest BCUT2D eigenvalue weighted by atomic mass is 10.2. The molecule has 0 fully saturated rings. The first-order valence-corrected chi connectivity index (χ1v) is 5.00. The molecule has 0 amide bonds. The number of benzene rings is 1. The first-order valence-electron chi connectivity index (χ1n) is 4.21. The molecule has 0 heterocycles. The second-order valence-electron chi connectivity index (χ2n) is 2.94. The zero-order valence-corrected chi connectivity index (χ0v) is 9.95. The van der Waals surface area contributed by atoms with E-state index in [1.165, 1.54) is 13.0 Å². The Bertz CT molecular complexity index is 415. The molecule has 0 bridgehead atoms. The molecule has 0 spiro atoms. The third kappa shape index (κ3) is 3.06. The number of hydrogen-bond donors (Lipinski definition) is 0. The van der Waals surface area contributed by atoms with Crippen molar-refractivity contribution in [3.63, 3.8) is 0 Å². The molecule has 1 aromatic carbocycles. The molecule has 0 saturated heterocycles. The highest BCUT2D eigenvalue weighted by atomic mass is 79.9. The quantitative estimate of drug-likeness (QED) is 0.627. The molecule has 0 aliphatic heterocycles. The second-order valence-corrected chi connectivity index (χ2v) is 3.79. The predicted molar refractivity (Wildman–Crippen MR) is 61.3 cm³/mol. The maximum absolute atomic E-state index is 10.4. The fourth-order valence-electron chi connectivity index (χ4n) is 1.06. The minimum Gasteiger partial charge on any atom is -0.496 e. The van der Waals surface area contributed by atoms with Crippen LogP contribution in [0.1, 0.15) is 12.5 Å². The third-order valence-electron chi connectivity index (χ3n) is 1.84. The summed E-state index contributed by atoms with van der Waals surface area (Å²) in [6.07, 6.45) is 1.50. The van der Waals surface area contributed by atoms with Gasteiger partial charge in [0.1, 0.15) is 5.75 Å². The summed E-state index contributed by atoms with van der Waals surface area (Å²) in [5, 5.41) is 10.4. The summed E-state index contributed by atoms with van der Waals surface area (Å²) in [4.78, 5) is 10.00. The normalized spacial score (nSPS) is 11.3. The molecule has 80 valence electrons. The minimum atomic E-state index is -0.422. The average molecular weight is 272 g/mol. The van der Waals surface area contributed by atoms with Crippen LogP contribution in [0.3, 0.4) is 0 Å². The van der Waals surface area contributed by atoms with Gasteiger partial charge in [-0.1, -0.05) is 6.07 Å². The van der Waals surface area contributed by atoms with Gasteiger partial charge in [-0.25, -0.2) is 0 Å². The Morgan fingerprint density at radius 1 is 1.60 bits per heavy atom. The van der Waals surface area contributed by atoms with Crippen molar-refractivity contribution in [3.8, 4) is 5.75 Å². The van der Waals surface area contributed by atoms with Gasteiger partial charge in [-0.2, -0.15) is 0 Å². The number of nitro groups is 1. The molecule has 0 saturated carbocycles. The molecule has 0 atom stereocenters. The molecule has 1 rings (SSSR count). The molecule has 1 aromatic rings. The van der Waals surface area contributed by atoms with Crippen LogP contribution in [0.2, 0.25) is 0 Å². The Labute approximate surface area is 95.8 Å². The van der Waals surface area contributed by atoms with Gasteiger partial charge in [0.25, 0.3) is 0 Å². The molecule has 5 heteroatoms. The largest absolute Gasteiger partial charge is 0.496 e. The number of nitrogens with zero attached hydrogens (tertiary/aromatic N) is 1. The summed E-state index contributed by atoms with van der Waals surface area (Å²) >= 11 is 3.31. The standard InChI is InChI=1S/C10H10BrNO3/c1-7(12(13)14)5-8-3-4-9(11)10(6-8)15-2/h3-6H,1-2H3. The van der Waals surface area contributed by atoms with Crippen molar-refractivity contribution >= 4 is 22.0 Å². The average Bonchev–Trinajstić information content (AvgIpc) is 2.20. The van der Waals surface area contributed by atoms with Crippen LogP contribution in [0.4, 0.5) is 0 Å². The summed E-state index contributed by atoms with van der Waals surface area (Å²) < 4.78 is 5.90. The van der Waals surface area contributed by atoms with E-state index in [-0.39, 0.29) is 5.70 Å². The van der Waals surface area contributed by atoms with Crippen LogP contribution in [0.15, 0.2) is 28.4 Å². The topological polar surface area (TPSA) is 52.4 Å². The van der Waals surface area contributed by atoms with Gasteiger partial charge in [0.2, 0.25) is 5.70 Å². The number of hydrogen-bond acceptors (Lipinski definition) is 3. The van der Waals surface area contributed by atoms with E-state index in [1.54, 1.807) is 25.3 Å². The molecular weight excluding hydrogens is 262 g/mol. The van der Waals surface area contributed by atoms with Gasteiger partial charge in [0.05, 0.1) is 16.5 Å². The highest BCUT2D eigenvalue weighted by molar-refractivity contribution is 9.10. The van der Waals surface area contributed by atoms with Crippen LogP contribution in [0.25, 0.3) is 6.08 Å². The van der Waals surface area contributed by atoms with Crippen LogP contribution >= 0.6 is 15.9 Å². The molecule has 0 radical (unpaired) electrons. The lowest BCUT2D eigenvalue weighted by Crippen LogP contribution is -1.93. The van der Waals surface area contributed by atoms with Gasteiger partial charge in [-0.05, 0) is 33.6 Å². The minimum absolute atomic E-state index is 0.0966. The first kappa shape index (κ1) is 11.7. The fraction of sp³-hybridized carbons (Fsp3) is 0.200. The third-order valence-corrected chi connectivity index (χ3v) is 2.49. The second kappa shape index (κ2) is 4.93. The van der Waals surface area contributed by atoms with Crippen molar-refractivity contribution in [2.75, 3.05) is 7.11 Å². The Kier molecular flexibility index (Phi) is 3.85. The number of rotatable bonds is 3. The molecule has 15 heavy (non-hydrogen) atoms. The van der Waals surface area contributed by atoms with Gasteiger partial charge >= 0.3 is 0 Å². The molecule has 0 aliphatic carbocycles. The van der Waals surface area contributed by atoms with E-state index in [4.69, 9.17) is 4.74 Å². The molecular formula is C10H10BrNO3. The molecule has 0 aliphatic rings. The van der Waals surface area contributed by atoms with Gasteiger partial charge in [-0.3, -0.25) is 10.1 Å². The molecule has 4 nitrogen and oxygen atoms in total. The monoisotopic (exact) mass is 271 g/mol. The molecule has 0 aromatic heterocycles. The molecule has 0 unspecified atom stereocenters. The number of allylic oxidation sites excluding steroid dienone is 1. The predicted octanol–water partition coefficient (Wildman–Crippen LogP) is 3.10.